The molecule has 0 radical (unpaired) electrons. The van der Waals surface area contributed by atoms with Gasteiger partial charge in [0.1, 0.15) is 6.04 Å². The molecule has 0 spiro atoms. The van der Waals surface area contributed by atoms with Crippen molar-refractivity contribution >= 4 is 46.6 Å². The predicted octanol–water partition coefficient (Wildman–Crippen LogP) is 6.36. The van der Waals surface area contributed by atoms with Crippen LogP contribution in [0.5, 0.6) is 0 Å². The van der Waals surface area contributed by atoms with Crippen molar-refractivity contribution in [1.29, 1.82) is 0 Å². The molecule has 0 aliphatic rings. The molecule has 7 heteroatoms. The van der Waals surface area contributed by atoms with E-state index in [1.54, 1.807) is 35.2 Å². The van der Waals surface area contributed by atoms with Gasteiger partial charge in [0, 0.05) is 24.5 Å². The van der Waals surface area contributed by atoms with Crippen molar-refractivity contribution in [2.24, 2.45) is 0 Å². The number of rotatable bonds is 10. The van der Waals surface area contributed by atoms with Crippen LogP contribution in [0.1, 0.15) is 30.0 Å². The molecule has 0 bridgehead atoms. The van der Waals surface area contributed by atoms with E-state index in [0.29, 0.717) is 28.0 Å². The standard InChI is InChI=1S/C27H27Cl3N2O2/c1-2-14-31-27(34)25(16-19-6-4-3-5-7-19)32(18-20-8-11-22(28)12-9-20)26(33)17-21-10-13-23(29)24(30)15-21/h3-13,15,25H,2,14,16-18H2,1H3,(H,31,34)/t25-/m0/s1. The van der Waals surface area contributed by atoms with Crippen LogP contribution in [0, 0.1) is 0 Å². The zero-order valence-corrected chi connectivity index (χ0v) is 21.2. The summed E-state index contributed by atoms with van der Waals surface area (Å²) in [6, 6.07) is 21.5. The van der Waals surface area contributed by atoms with Crippen LogP contribution in [0.4, 0.5) is 0 Å². The summed E-state index contributed by atoms with van der Waals surface area (Å²) >= 11 is 18.3. The highest BCUT2D eigenvalue weighted by Crippen LogP contribution is 2.24. The molecule has 0 aliphatic carbocycles. The van der Waals surface area contributed by atoms with E-state index in [4.69, 9.17) is 34.8 Å². The average Bonchev–Trinajstić information content (AvgIpc) is 2.84. The van der Waals surface area contributed by atoms with Crippen LogP contribution < -0.4 is 5.32 Å². The zero-order valence-electron chi connectivity index (χ0n) is 18.9. The minimum Gasteiger partial charge on any atom is -0.354 e. The Bertz CT molecular complexity index is 1100. The van der Waals surface area contributed by atoms with Gasteiger partial charge in [0.2, 0.25) is 11.8 Å². The Hall–Kier alpha value is -2.53. The Morgan fingerprint density at radius 2 is 1.53 bits per heavy atom. The molecule has 0 aromatic heterocycles. The van der Waals surface area contributed by atoms with Crippen molar-refractivity contribution in [2.45, 2.75) is 38.8 Å². The number of carbonyl (C=O) groups excluding carboxylic acids is 2. The first-order valence-corrected chi connectivity index (χ1v) is 12.3. The molecule has 3 aromatic carbocycles. The molecule has 178 valence electrons. The molecule has 0 saturated heterocycles. The van der Waals surface area contributed by atoms with Crippen LogP contribution >= 0.6 is 34.8 Å². The maximum absolute atomic E-state index is 13.6. The molecule has 3 aromatic rings. The highest BCUT2D eigenvalue weighted by molar-refractivity contribution is 6.42. The molecular weight excluding hydrogens is 491 g/mol. The lowest BCUT2D eigenvalue weighted by atomic mass is 10.0. The van der Waals surface area contributed by atoms with Gasteiger partial charge in [0.25, 0.3) is 0 Å². The molecule has 4 nitrogen and oxygen atoms in total. The fourth-order valence-electron chi connectivity index (χ4n) is 3.63. The van der Waals surface area contributed by atoms with Gasteiger partial charge in [-0.25, -0.2) is 0 Å². The number of amides is 2. The lowest BCUT2D eigenvalue weighted by molar-refractivity contribution is -0.140. The van der Waals surface area contributed by atoms with Gasteiger partial charge in [-0.3, -0.25) is 9.59 Å². The molecule has 0 heterocycles. The van der Waals surface area contributed by atoms with Crippen molar-refractivity contribution < 1.29 is 9.59 Å². The highest BCUT2D eigenvalue weighted by atomic mass is 35.5. The molecule has 0 aliphatic heterocycles. The summed E-state index contributed by atoms with van der Waals surface area (Å²) < 4.78 is 0. The third-order valence-corrected chi connectivity index (χ3v) is 6.42. The summed E-state index contributed by atoms with van der Waals surface area (Å²) in [4.78, 5) is 28.6. The minimum atomic E-state index is -0.681. The van der Waals surface area contributed by atoms with Crippen LogP contribution in [0.2, 0.25) is 15.1 Å². The van der Waals surface area contributed by atoms with E-state index in [1.165, 1.54) is 0 Å². The van der Waals surface area contributed by atoms with Crippen LogP contribution in [0.15, 0.2) is 72.8 Å². The summed E-state index contributed by atoms with van der Waals surface area (Å²) in [7, 11) is 0. The van der Waals surface area contributed by atoms with Gasteiger partial charge in [0.05, 0.1) is 16.5 Å². The van der Waals surface area contributed by atoms with Gasteiger partial charge in [-0.1, -0.05) is 90.3 Å². The number of nitrogens with one attached hydrogen (secondary N) is 1. The monoisotopic (exact) mass is 516 g/mol. The smallest absolute Gasteiger partial charge is 0.243 e. The number of hydrogen-bond acceptors (Lipinski definition) is 2. The van der Waals surface area contributed by atoms with Crippen LogP contribution in [-0.4, -0.2) is 29.3 Å². The maximum Gasteiger partial charge on any atom is 0.243 e. The van der Waals surface area contributed by atoms with E-state index < -0.39 is 6.04 Å². The first-order chi connectivity index (χ1) is 16.4. The predicted molar refractivity (Wildman–Crippen MR) is 139 cm³/mol. The van der Waals surface area contributed by atoms with E-state index in [0.717, 1.165) is 23.1 Å². The Kier molecular flexibility index (Phi) is 9.82. The third kappa shape index (κ3) is 7.49. The minimum absolute atomic E-state index is 0.0941. The van der Waals surface area contributed by atoms with Crippen molar-refractivity contribution in [1.82, 2.24) is 10.2 Å². The maximum atomic E-state index is 13.6. The molecule has 1 N–H and O–H groups in total. The summed E-state index contributed by atoms with van der Waals surface area (Å²) in [5, 5.41) is 4.40. The van der Waals surface area contributed by atoms with Gasteiger partial charge in [0.15, 0.2) is 0 Å². The van der Waals surface area contributed by atoms with Gasteiger partial charge in [-0.15, -0.1) is 0 Å². The lowest BCUT2D eigenvalue weighted by Crippen LogP contribution is -2.51. The van der Waals surface area contributed by atoms with E-state index in [9.17, 15) is 9.59 Å². The highest BCUT2D eigenvalue weighted by Gasteiger charge is 2.30. The summed E-state index contributed by atoms with van der Waals surface area (Å²) in [6.07, 6.45) is 1.30. The Labute approximate surface area is 215 Å². The van der Waals surface area contributed by atoms with E-state index in [2.05, 4.69) is 5.32 Å². The molecule has 2 amide bonds. The second-order valence-corrected chi connectivity index (χ2v) is 9.32. The lowest BCUT2D eigenvalue weighted by Gasteiger charge is -2.31. The number of hydrogen-bond donors (Lipinski definition) is 1. The summed E-state index contributed by atoms with van der Waals surface area (Å²) in [5.74, 6) is -0.358. The first-order valence-electron chi connectivity index (χ1n) is 11.2. The van der Waals surface area contributed by atoms with E-state index in [1.807, 2.05) is 49.4 Å². The van der Waals surface area contributed by atoms with Crippen LogP contribution in [0.3, 0.4) is 0 Å². The number of nitrogens with zero attached hydrogens (tertiary/aromatic N) is 1. The van der Waals surface area contributed by atoms with Crippen molar-refractivity contribution in [3.63, 3.8) is 0 Å². The molecule has 0 saturated carbocycles. The molecule has 0 fully saturated rings. The van der Waals surface area contributed by atoms with Gasteiger partial charge in [-0.2, -0.15) is 0 Å². The summed E-state index contributed by atoms with van der Waals surface area (Å²) in [6.45, 7) is 2.81. The number of halogens is 3. The summed E-state index contributed by atoms with van der Waals surface area (Å²) in [5.41, 5.74) is 2.59. The first kappa shape index (κ1) is 26.1. The van der Waals surface area contributed by atoms with Gasteiger partial charge < -0.3 is 10.2 Å². The number of carbonyl (C=O) groups is 2. The Morgan fingerprint density at radius 3 is 2.18 bits per heavy atom. The molecule has 34 heavy (non-hydrogen) atoms. The van der Waals surface area contributed by atoms with Crippen molar-refractivity contribution in [3.05, 3.63) is 105 Å². The fourth-order valence-corrected chi connectivity index (χ4v) is 4.08. The number of benzene rings is 3. The van der Waals surface area contributed by atoms with E-state index >= 15 is 0 Å². The SMILES string of the molecule is CCCNC(=O)[C@H](Cc1ccccc1)N(Cc1ccc(Cl)cc1)C(=O)Cc1ccc(Cl)c(Cl)c1. The second kappa shape index (κ2) is 12.8. The van der Waals surface area contributed by atoms with Crippen molar-refractivity contribution in [2.75, 3.05) is 6.54 Å². The molecular formula is C27H27Cl3N2O2. The van der Waals surface area contributed by atoms with Gasteiger partial charge in [-0.05, 0) is 47.4 Å². The van der Waals surface area contributed by atoms with Crippen LogP contribution in [-0.2, 0) is 29.0 Å². The zero-order chi connectivity index (χ0) is 24.5. The van der Waals surface area contributed by atoms with Crippen LogP contribution in [0.25, 0.3) is 0 Å². The molecule has 3 rings (SSSR count). The van der Waals surface area contributed by atoms with Crippen molar-refractivity contribution in [3.8, 4) is 0 Å². The Balaban J connectivity index is 1.95. The fraction of sp³-hybridized carbons (Fsp3) is 0.259. The topological polar surface area (TPSA) is 49.4 Å². The third-order valence-electron chi connectivity index (χ3n) is 5.43. The van der Waals surface area contributed by atoms with E-state index in [-0.39, 0.29) is 24.8 Å². The Morgan fingerprint density at radius 1 is 0.853 bits per heavy atom. The largest absolute Gasteiger partial charge is 0.354 e. The second-order valence-electron chi connectivity index (χ2n) is 8.07. The van der Waals surface area contributed by atoms with Gasteiger partial charge >= 0.3 is 0 Å². The average molecular weight is 518 g/mol. The quantitative estimate of drug-likeness (QED) is 0.340. The molecule has 0 unspecified atom stereocenters. The molecule has 1 atom stereocenters. The normalized spacial score (nSPS) is 11.6.